The summed E-state index contributed by atoms with van der Waals surface area (Å²) in [6.07, 6.45) is -9.04. The molecule has 0 heterocycles. The van der Waals surface area contributed by atoms with Gasteiger partial charge in [0.25, 0.3) is 5.79 Å². The van der Waals surface area contributed by atoms with Crippen molar-refractivity contribution in [2.75, 3.05) is 6.61 Å². The van der Waals surface area contributed by atoms with E-state index in [1.807, 2.05) is 0 Å². The Balaban J connectivity index is 4.73. The average molecular weight is 242 g/mol. The fourth-order valence-corrected chi connectivity index (χ4v) is 0.887. The number of aliphatic carboxylic acids is 1. The molecule has 0 saturated heterocycles. The molecule has 0 aliphatic rings. The Labute approximate surface area is 89.4 Å². The van der Waals surface area contributed by atoms with E-state index in [-0.39, 0.29) is 0 Å². The third kappa shape index (κ3) is 3.09. The van der Waals surface area contributed by atoms with Crippen LogP contribution in [0, 0.1) is 0 Å². The van der Waals surface area contributed by atoms with Crippen LogP contribution in [0.25, 0.3) is 0 Å². The van der Waals surface area contributed by atoms with Gasteiger partial charge in [0.1, 0.15) is 24.4 Å². The highest BCUT2D eigenvalue weighted by atomic mass is 16.6. The van der Waals surface area contributed by atoms with Crippen molar-refractivity contribution in [1.82, 2.24) is 0 Å². The number of hydrogen-bond acceptors (Lipinski definition) is 8. The normalized spacial score (nSPS) is 19.9. The second-order valence-electron chi connectivity index (χ2n) is 3.21. The molecule has 4 atom stereocenters. The fourth-order valence-electron chi connectivity index (χ4n) is 0.887. The molecule has 16 heavy (non-hydrogen) atoms. The topological polar surface area (TPSA) is 179 Å². The van der Waals surface area contributed by atoms with Crippen molar-refractivity contribution in [3.63, 3.8) is 0 Å². The third-order valence-corrected chi connectivity index (χ3v) is 1.98. The summed E-state index contributed by atoms with van der Waals surface area (Å²) in [4.78, 5) is 10.3. The molecule has 0 spiro atoms. The van der Waals surface area contributed by atoms with Crippen LogP contribution >= 0.6 is 0 Å². The zero-order valence-corrected chi connectivity index (χ0v) is 8.00. The maximum atomic E-state index is 10.3. The predicted molar refractivity (Wildman–Crippen MR) is 45.9 cm³/mol. The molecular weight excluding hydrogens is 228 g/mol. The minimum atomic E-state index is -3.68. The quantitative estimate of drug-likeness (QED) is 0.212. The molecule has 96 valence electrons. The van der Waals surface area contributed by atoms with Crippen LogP contribution in [0.3, 0.4) is 0 Å². The summed E-state index contributed by atoms with van der Waals surface area (Å²) in [5.41, 5.74) is 0. The minimum absolute atomic E-state index is 0.970. The summed E-state index contributed by atoms with van der Waals surface area (Å²) in [6.45, 7) is -0.970. The van der Waals surface area contributed by atoms with E-state index in [0.717, 1.165) is 0 Å². The van der Waals surface area contributed by atoms with E-state index in [4.69, 9.17) is 40.9 Å². The lowest BCUT2D eigenvalue weighted by Crippen LogP contribution is -2.59. The van der Waals surface area contributed by atoms with E-state index in [2.05, 4.69) is 0 Å². The van der Waals surface area contributed by atoms with E-state index >= 15 is 0 Å². The van der Waals surface area contributed by atoms with E-state index in [1.165, 1.54) is 0 Å². The SMILES string of the molecule is O=C(O)C(O)(O)C(O)C(O)C(O)C(O)CO. The van der Waals surface area contributed by atoms with Gasteiger partial charge in [-0.2, -0.15) is 0 Å². The van der Waals surface area contributed by atoms with Crippen LogP contribution in [0.15, 0.2) is 0 Å². The van der Waals surface area contributed by atoms with Crippen molar-refractivity contribution < 1.29 is 45.6 Å². The minimum Gasteiger partial charge on any atom is -0.477 e. The molecule has 0 aliphatic heterocycles. The molecule has 0 rings (SSSR count). The standard InChI is InChI=1S/C7H14O9/c8-1-2(9)3(10)4(11)5(12)7(15,16)6(13)14/h2-5,8-12,15-16H,1H2,(H,13,14). The zero-order valence-electron chi connectivity index (χ0n) is 8.00. The van der Waals surface area contributed by atoms with Crippen molar-refractivity contribution in [3.8, 4) is 0 Å². The number of aliphatic hydroxyl groups excluding tert-OH is 5. The molecule has 0 radical (unpaired) electrons. The van der Waals surface area contributed by atoms with Crippen LogP contribution in [0.4, 0.5) is 0 Å². The Morgan fingerprint density at radius 2 is 1.50 bits per heavy atom. The maximum Gasteiger partial charge on any atom is 0.367 e. The first-order valence-corrected chi connectivity index (χ1v) is 4.17. The number of rotatable bonds is 6. The van der Waals surface area contributed by atoms with Gasteiger partial charge in [-0.3, -0.25) is 0 Å². The van der Waals surface area contributed by atoms with Crippen molar-refractivity contribution in [1.29, 1.82) is 0 Å². The van der Waals surface area contributed by atoms with Crippen molar-refractivity contribution in [2.45, 2.75) is 30.2 Å². The Kier molecular flexibility index (Phi) is 5.22. The maximum absolute atomic E-state index is 10.3. The molecule has 0 aliphatic carbocycles. The van der Waals surface area contributed by atoms with Gasteiger partial charge in [-0.15, -0.1) is 0 Å². The number of hydrogen-bond donors (Lipinski definition) is 8. The average Bonchev–Trinajstić information content (AvgIpc) is 2.24. The summed E-state index contributed by atoms with van der Waals surface area (Å²) in [6, 6.07) is 0. The first-order chi connectivity index (χ1) is 7.16. The van der Waals surface area contributed by atoms with Gasteiger partial charge in [0.15, 0.2) is 0 Å². The monoisotopic (exact) mass is 242 g/mol. The molecule has 0 amide bonds. The van der Waals surface area contributed by atoms with Crippen molar-refractivity contribution >= 4 is 5.97 Å². The van der Waals surface area contributed by atoms with Gasteiger partial charge in [-0.05, 0) is 0 Å². The van der Waals surface area contributed by atoms with E-state index in [1.54, 1.807) is 0 Å². The Hall–Kier alpha value is -0.810. The van der Waals surface area contributed by atoms with Gasteiger partial charge in [0.05, 0.1) is 6.61 Å². The van der Waals surface area contributed by atoms with Crippen LogP contribution in [-0.4, -0.2) is 83.6 Å². The fraction of sp³-hybridized carbons (Fsp3) is 0.857. The lowest BCUT2D eigenvalue weighted by atomic mass is 9.97. The molecule has 0 aromatic carbocycles. The molecular formula is C7H14O9. The predicted octanol–water partition coefficient (Wildman–Crippen LogP) is -4.81. The molecule has 0 fully saturated rings. The Morgan fingerprint density at radius 1 is 1.06 bits per heavy atom. The van der Waals surface area contributed by atoms with Gasteiger partial charge in [0, 0.05) is 0 Å². The number of carbonyl (C=O) groups is 1. The highest BCUT2D eigenvalue weighted by molar-refractivity contribution is 5.75. The highest BCUT2D eigenvalue weighted by Crippen LogP contribution is 2.15. The molecule has 0 saturated carbocycles. The molecule has 0 aromatic heterocycles. The van der Waals surface area contributed by atoms with E-state index in [9.17, 15) is 4.79 Å². The summed E-state index contributed by atoms with van der Waals surface area (Å²) < 4.78 is 0. The lowest BCUT2D eigenvalue weighted by Gasteiger charge is -2.30. The van der Waals surface area contributed by atoms with Crippen LogP contribution in [-0.2, 0) is 4.79 Å². The number of carboxylic acid groups (broad SMARTS) is 1. The molecule has 0 aromatic rings. The Bertz CT molecular complexity index is 240. The third-order valence-electron chi connectivity index (χ3n) is 1.98. The highest BCUT2D eigenvalue weighted by Gasteiger charge is 2.48. The van der Waals surface area contributed by atoms with Gasteiger partial charge in [0.2, 0.25) is 0 Å². The van der Waals surface area contributed by atoms with E-state index < -0.39 is 42.8 Å². The Morgan fingerprint density at radius 3 is 1.81 bits per heavy atom. The first-order valence-electron chi connectivity index (χ1n) is 4.17. The molecule has 0 bridgehead atoms. The van der Waals surface area contributed by atoms with Crippen molar-refractivity contribution in [3.05, 3.63) is 0 Å². The lowest BCUT2D eigenvalue weighted by molar-refractivity contribution is -0.261. The summed E-state index contributed by atoms with van der Waals surface area (Å²) in [7, 11) is 0. The van der Waals surface area contributed by atoms with Crippen LogP contribution in [0.5, 0.6) is 0 Å². The molecule has 4 unspecified atom stereocenters. The van der Waals surface area contributed by atoms with Gasteiger partial charge in [-0.25, -0.2) is 4.79 Å². The molecule has 9 nitrogen and oxygen atoms in total. The second kappa shape index (κ2) is 5.50. The smallest absolute Gasteiger partial charge is 0.367 e. The number of aliphatic hydroxyl groups is 7. The molecule has 9 heteroatoms. The first kappa shape index (κ1) is 15.2. The van der Waals surface area contributed by atoms with Crippen LogP contribution in [0.1, 0.15) is 0 Å². The second-order valence-corrected chi connectivity index (χ2v) is 3.21. The van der Waals surface area contributed by atoms with Crippen LogP contribution in [0.2, 0.25) is 0 Å². The van der Waals surface area contributed by atoms with Crippen LogP contribution < -0.4 is 0 Å². The van der Waals surface area contributed by atoms with Crippen molar-refractivity contribution in [2.24, 2.45) is 0 Å². The number of carboxylic acids is 1. The molecule has 8 N–H and O–H groups in total. The van der Waals surface area contributed by atoms with E-state index in [0.29, 0.717) is 0 Å². The zero-order chi connectivity index (χ0) is 13.1. The summed E-state index contributed by atoms with van der Waals surface area (Å²) >= 11 is 0. The summed E-state index contributed by atoms with van der Waals surface area (Å²) in [5, 5.41) is 70.4. The van der Waals surface area contributed by atoms with Gasteiger partial charge >= 0.3 is 5.97 Å². The summed E-state index contributed by atoms with van der Waals surface area (Å²) in [5.74, 6) is -5.93. The largest absolute Gasteiger partial charge is 0.477 e. The van der Waals surface area contributed by atoms with Gasteiger partial charge < -0.3 is 40.9 Å². The van der Waals surface area contributed by atoms with Gasteiger partial charge in [-0.1, -0.05) is 0 Å².